The van der Waals surface area contributed by atoms with E-state index in [1.165, 1.54) is 15.5 Å². The zero-order valence-electron chi connectivity index (χ0n) is 14.4. The number of amides is 1. The van der Waals surface area contributed by atoms with Gasteiger partial charge in [-0.1, -0.05) is 13.8 Å². The van der Waals surface area contributed by atoms with E-state index in [0.29, 0.717) is 31.0 Å². The molecule has 1 amide bonds. The molecule has 8 nitrogen and oxygen atoms in total. The Labute approximate surface area is 143 Å². The van der Waals surface area contributed by atoms with Crippen molar-refractivity contribution in [1.82, 2.24) is 23.9 Å². The first-order valence-corrected chi connectivity index (χ1v) is 9.62. The number of hydrogen-bond donors (Lipinski definition) is 1. The molecule has 0 saturated carbocycles. The van der Waals surface area contributed by atoms with Crippen molar-refractivity contribution < 1.29 is 13.2 Å². The molecule has 0 aromatic carbocycles. The summed E-state index contributed by atoms with van der Waals surface area (Å²) in [6, 6.07) is -0.305. The molecule has 9 heteroatoms. The standard InChI is InChI=1S/C15H25N5O3S/c1-4-19(5-2)24(22,23)20-8-6-7-15(20)14-11-16-9-13(18-14)10-17-12(3)21/h9,11,15H,4-8,10H2,1-3H3,(H,17,21)/t15-/m1/s1. The van der Waals surface area contributed by atoms with E-state index in [9.17, 15) is 13.2 Å². The van der Waals surface area contributed by atoms with Crippen LogP contribution in [0, 0.1) is 0 Å². The summed E-state index contributed by atoms with van der Waals surface area (Å²) < 4.78 is 28.6. The normalized spacial score (nSPS) is 18.9. The maximum atomic E-state index is 12.8. The Balaban J connectivity index is 2.24. The van der Waals surface area contributed by atoms with Gasteiger partial charge in [0.1, 0.15) is 0 Å². The molecule has 24 heavy (non-hydrogen) atoms. The van der Waals surface area contributed by atoms with Gasteiger partial charge in [-0.05, 0) is 12.8 Å². The summed E-state index contributed by atoms with van der Waals surface area (Å²) in [4.78, 5) is 19.7. The van der Waals surface area contributed by atoms with Gasteiger partial charge in [-0.3, -0.25) is 14.8 Å². The summed E-state index contributed by atoms with van der Waals surface area (Å²) in [5, 5.41) is 2.68. The van der Waals surface area contributed by atoms with Gasteiger partial charge in [-0.2, -0.15) is 17.0 Å². The van der Waals surface area contributed by atoms with Crippen LogP contribution in [-0.2, 0) is 21.5 Å². The van der Waals surface area contributed by atoms with Gasteiger partial charge < -0.3 is 5.32 Å². The van der Waals surface area contributed by atoms with E-state index in [4.69, 9.17) is 0 Å². The first kappa shape index (κ1) is 18.8. The maximum absolute atomic E-state index is 12.8. The molecule has 2 rings (SSSR count). The van der Waals surface area contributed by atoms with Crippen molar-refractivity contribution in [3.05, 3.63) is 23.8 Å². The minimum absolute atomic E-state index is 0.145. The quantitative estimate of drug-likeness (QED) is 0.782. The summed E-state index contributed by atoms with van der Waals surface area (Å²) in [5.74, 6) is -0.145. The van der Waals surface area contributed by atoms with Crippen LogP contribution >= 0.6 is 0 Å². The van der Waals surface area contributed by atoms with Gasteiger partial charge in [0.05, 0.1) is 36.4 Å². The Morgan fingerprint density at radius 2 is 2.08 bits per heavy atom. The van der Waals surface area contributed by atoms with Crippen molar-refractivity contribution in [3.63, 3.8) is 0 Å². The fourth-order valence-electron chi connectivity index (χ4n) is 2.89. The van der Waals surface area contributed by atoms with Crippen LogP contribution < -0.4 is 5.32 Å². The smallest absolute Gasteiger partial charge is 0.282 e. The summed E-state index contributed by atoms with van der Waals surface area (Å²) in [7, 11) is -3.51. The lowest BCUT2D eigenvalue weighted by Crippen LogP contribution is -2.43. The van der Waals surface area contributed by atoms with Crippen molar-refractivity contribution in [2.75, 3.05) is 19.6 Å². The fraction of sp³-hybridized carbons (Fsp3) is 0.667. The third kappa shape index (κ3) is 4.08. The van der Waals surface area contributed by atoms with Crippen LogP contribution in [-0.4, -0.2) is 52.5 Å². The van der Waals surface area contributed by atoms with E-state index >= 15 is 0 Å². The van der Waals surface area contributed by atoms with Crippen LogP contribution in [0.25, 0.3) is 0 Å². The topological polar surface area (TPSA) is 95.5 Å². The highest BCUT2D eigenvalue weighted by Crippen LogP contribution is 2.34. The molecule has 1 atom stereocenters. The largest absolute Gasteiger partial charge is 0.351 e. The predicted octanol–water partition coefficient (Wildman–Crippen LogP) is 0.836. The zero-order chi connectivity index (χ0) is 17.7. The molecule has 2 heterocycles. The molecular formula is C15H25N5O3S. The Morgan fingerprint density at radius 3 is 2.71 bits per heavy atom. The molecule has 1 aliphatic rings. The van der Waals surface area contributed by atoms with Crippen LogP contribution in [0.1, 0.15) is 51.0 Å². The molecule has 0 radical (unpaired) electrons. The first-order valence-electron chi connectivity index (χ1n) is 8.22. The Hall–Kier alpha value is -1.58. The van der Waals surface area contributed by atoms with E-state index < -0.39 is 10.2 Å². The predicted molar refractivity (Wildman–Crippen MR) is 90.1 cm³/mol. The van der Waals surface area contributed by atoms with Gasteiger partial charge in [-0.25, -0.2) is 0 Å². The Bertz CT molecular complexity index is 675. The average Bonchev–Trinajstić information content (AvgIpc) is 3.04. The maximum Gasteiger partial charge on any atom is 0.282 e. The van der Waals surface area contributed by atoms with E-state index in [2.05, 4.69) is 15.3 Å². The van der Waals surface area contributed by atoms with Gasteiger partial charge in [0.2, 0.25) is 5.91 Å². The van der Waals surface area contributed by atoms with Gasteiger partial charge >= 0.3 is 0 Å². The lowest BCUT2D eigenvalue weighted by molar-refractivity contribution is -0.119. The summed E-state index contributed by atoms with van der Waals surface area (Å²) in [6.07, 6.45) is 4.71. The SMILES string of the molecule is CCN(CC)S(=O)(=O)N1CCC[C@@H]1c1cncc(CNC(C)=O)n1. The number of nitrogens with one attached hydrogen (secondary N) is 1. The second-order valence-corrected chi connectivity index (χ2v) is 7.59. The van der Waals surface area contributed by atoms with Crippen LogP contribution in [0.5, 0.6) is 0 Å². The second-order valence-electron chi connectivity index (χ2n) is 5.71. The molecular weight excluding hydrogens is 330 g/mol. The molecule has 1 aromatic rings. The minimum atomic E-state index is -3.51. The summed E-state index contributed by atoms with van der Waals surface area (Å²) in [5.41, 5.74) is 1.25. The Kier molecular flexibility index (Phi) is 6.25. The van der Waals surface area contributed by atoms with Crippen LogP contribution in [0.15, 0.2) is 12.4 Å². The number of nitrogens with zero attached hydrogens (tertiary/aromatic N) is 4. The molecule has 1 saturated heterocycles. The molecule has 1 N–H and O–H groups in total. The highest BCUT2D eigenvalue weighted by molar-refractivity contribution is 7.86. The van der Waals surface area contributed by atoms with Crippen LogP contribution in [0.2, 0.25) is 0 Å². The molecule has 0 bridgehead atoms. The van der Waals surface area contributed by atoms with Gasteiger partial charge in [0, 0.05) is 26.6 Å². The van der Waals surface area contributed by atoms with Crippen LogP contribution in [0.4, 0.5) is 0 Å². The second kappa shape index (κ2) is 8.00. The molecule has 1 fully saturated rings. The lowest BCUT2D eigenvalue weighted by atomic mass is 10.2. The minimum Gasteiger partial charge on any atom is -0.351 e. The fourth-order valence-corrected chi connectivity index (χ4v) is 4.74. The highest BCUT2D eigenvalue weighted by atomic mass is 32.2. The Morgan fingerprint density at radius 1 is 1.38 bits per heavy atom. The first-order chi connectivity index (χ1) is 11.4. The van der Waals surface area contributed by atoms with E-state index in [1.807, 2.05) is 13.8 Å². The molecule has 0 spiro atoms. The van der Waals surface area contributed by atoms with Crippen molar-refractivity contribution in [2.24, 2.45) is 0 Å². The van der Waals surface area contributed by atoms with E-state index in [1.54, 1.807) is 12.4 Å². The van der Waals surface area contributed by atoms with Gasteiger partial charge in [0.25, 0.3) is 10.2 Å². The third-order valence-electron chi connectivity index (χ3n) is 4.09. The van der Waals surface area contributed by atoms with Gasteiger partial charge in [-0.15, -0.1) is 0 Å². The van der Waals surface area contributed by atoms with Crippen LogP contribution in [0.3, 0.4) is 0 Å². The van der Waals surface area contributed by atoms with Crippen molar-refractivity contribution in [2.45, 2.75) is 46.2 Å². The number of carbonyl (C=O) groups is 1. The van der Waals surface area contributed by atoms with Gasteiger partial charge in [0.15, 0.2) is 0 Å². The summed E-state index contributed by atoms with van der Waals surface area (Å²) in [6.45, 7) is 6.76. The molecule has 0 unspecified atom stereocenters. The molecule has 134 valence electrons. The zero-order valence-corrected chi connectivity index (χ0v) is 15.2. The monoisotopic (exact) mass is 355 g/mol. The summed E-state index contributed by atoms with van der Waals surface area (Å²) >= 11 is 0. The van der Waals surface area contributed by atoms with Crippen molar-refractivity contribution in [1.29, 1.82) is 0 Å². The number of carbonyl (C=O) groups excluding carboxylic acids is 1. The number of hydrogen-bond acceptors (Lipinski definition) is 5. The lowest BCUT2D eigenvalue weighted by Gasteiger charge is -2.29. The highest BCUT2D eigenvalue weighted by Gasteiger charge is 2.38. The molecule has 1 aliphatic heterocycles. The van der Waals surface area contributed by atoms with E-state index in [-0.39, 0.29) is 18.5 Å². The number of rotatable bonds is 7. The van der Waals surface area contributed by atoms with Crippen molar-refractivity contribution >= 4 is 16.1 Å². The van der Waals surface area contributed by atoms with Crippen molar-refractivity contribution in [3.8, 4) is 0 Å². The third-order valence-corrected chi connectivity index (χ3v) is 6.29. The van der Waals surface area contributed by atoms with E-state index in [0.717, 1.165) is 12.8 Å². The number of aromatic nitrogens is 2. The molecule has 0 aliphatic carbocycles. The average molecular weight is 355 g/mol. The molecule has 1 aromatic heterocycles.